The summed E-state index contributed by atoms with van der Waals surface area (Å²) >= 11 is 5.56. The molecule has 0 saturated heterocycles. The van der Waals surface area contributed by atoms with E-state index in [0.29, 0.717) is 5.56 Å². The van der Waals surface area contributed by atoms with E-state index in [2.05, 4.69) is 41.7 Å². The van der Waals surface area contributed by atoms with Gasteiger partial charge in [-0.2, -0.15) is 0 Å². The third-order valence-corrected chi connectivity index (χ3v) is 10.1. The number of hydrogen-bond donors (Lipinski definition) is 1. The van der Waals surface area contributed by atoms with Crippen LogP contribution < -0.4 is 21.2 Å². The summed E-state index contributed by atoms with van der Waals surface area (Å²) < 4.78 is 0. The second kappa shape index (κ2) is 9.91. The predicted molar refractivity (Wildman–Crippen MR) is 142 cm³/mol. The van der Waals surface area contributed by atoms with Crippen molar-refractivity contribution in [1.29, 1.82) is 0 Å². The van der Waals surface area contributed by atoms with E-state index in [-0.39, 0.29) is 5.91 Å². The van der Waals surface area contributed by atoms with Gasteiger partial charge >= 0.3 is 0 Å². The Morgan fingerprint density at radius 2 is 1.09 bits per heavy atom. The Balaban J connectivity index is 2.04. The summed E-state index contributed by atoms with van der Waals surface area (Å²) in [6.07, 6.45) is 0. The smallest absolute Gasteiger partial charge is 0.255 e. The van der Waals surface area contributed by atoms with Gasteiger partial charge in [-0.15, -0.1) is 0 Å². The van der Waals surface area contributed by atoms with Crippen LogP contribution in [-0.2, 0) is 0 Å². The molecule has 2 nitrogen and oxygen atoms in total. The number of aryl methyl sites for hydroxylation is 1. The molecule has 0 aliphatic rings. The van der Waals surface area contributed by atoms with E-state index in [9.17, 15) is 4.79 Å². The molecule has 158 valence electrons. The van der Waals surface area contributed by atoms with Gasteiger partial charge in [0.1, 0.15) is 0 Å². The molecule has 4 rings (SSSR count). The lowest BCUT2D eigenvalue weighted by atomic mass is 10.1. The van der Waals surface area contributed by atoms with Crippen LogP contribution >= 0.6 is 19.1 Å². The van der Waals surface area contributed by atoms with Crippen molar-refractivity contribution in [3.05, 3.63) is 126 Å². The van der Waals surface area contributed by atoms with E-state index < -0.39 is 6.89 Å². The summed E-state index contributed by atoms with van der Waals surface area (Å²) in [4.78, 5) is 13.3. The van der Waals surface area contributed by atoms with Crippen molar-refractivity contribution in [3.63, 3.8) is 0 Å². The highest BCUT2D eigenvalue weighted by Gasteiger charge is 2.30. The van der Waals surface area contributed by atoms with Crippen LogP contribution in [0.25, 0.3) is 0 Å². The lowest BCUT2D eigenvalue weighted by Gasteiger charge is -2.31. The van der Waals surface area contributed by atoms with E-state index in [1.807, 2.05) is 85.8 Å². The molecule has 0 unspecified atom stereocenters. The van der Waals surface area contributed by atoms with Gasteiger partial charge < -0.3 is 5.32 Å². The van der Waals surface area contributed by atoms with E-state index in [0.717, 1.165) is 26.9 Å². The molecule has 0 fully saturated rings. The van der Waals surface area contributed by atoms with Crippen molar-refractivity contribution < 1.29 is 4.79 Å². The van der Waals surface area contributed by atoms with Gasteiger partial charge in [-0.3, -0.25) is 4.79 Å². The van der Waals surface area contributed by atoms with Gasteiger partial charge in [0, 0.05) is 17.8 Å². The molecule has 4 heteroatoms. The highest BCUT2D eigenvalue weighted by atomic mass is 32.1. The van der Waals surface area contributed by atoms with Gasteiger partial charge in [-0.05, 0) is 35.0 Å². The number of rotatable bonds is 6. The molecule has 32 heavy (non-hydrogen) atoms. The zero-order valence-corrected chi connectivity index (χ0v) is 19.5. The van der Waals surface area contributed by atoms with E-state index in [4.69, 9.17) is 12.2 Å². The Bertz CT molecular complexity index is 1160. The van der Waals surface area contributed by atoms with Crippen LogP contribution in [0.5, 0.6) is 0 Å². The average molecular weight is 454 g/mol. The molecule has 0 bridgehead atoms. The molecule has 0 heterocycles. The molecular formula is C28H24NOPS. The summed E-state index contributed by atoms with van der Waals surface area (Å²) in [6, 6.07) is 38.6. The summed E-state index contributed by atoms with van der Waals surface area (Å²) in [5.74, 6) is -0.159. The van der Waals surface area contributed by atoms with Crippen LogP contribution in [0.3, 0.4) is 0 Å². The molecule has 0 aliphatic heterocycles. The molecule has 0 aromatic heterocycles. The second-order valence-electron chi connectivity index (χ2n) is 7.50. The monoisotopic (exact) mass is 453 g/mol. The largest absolute Gasteiger partial charge is 0.320 e. The van der Waals surface area contributed by atoms with Gasteiger partial charge in [0.2, 0.25) is 0 Å². The van der Waals surface area contributed by atoms with Crippen LogP contribution in [-0.4, -0.2) is 16.7 Å². The number of carbonyl (C=O) groups excluding carboxylic acids is 1. The van der Waals surface area contributed by atoms with Crippen molar-refractivity contribution >= 4 is 51.7 Å². The number of thiocarbonyl (C=S) groups is 1. The fourth-order valence-corrected chi connectivity index (χ4v) is 8.45. The molecule has 0 aliphatic carbocycles. The Morgan fingerprint density at radius 1 is 0.688 bits per heavy atom. The van der Waals surface area contributed by atoms with Crippen LogP contribution in [0.4, 0.5) is 0 Å². The summed E-state index contributed by atoms with van der Waals surface area (Å²) in [6.45, 7) is -0.415. The fraction of sp³-hybridized carbons (Fsp3) is 0.0357. The van der Waals surface area contributed by atoms with E-state index in [1.54, 1.807) is 5.37 Å². The number of nitrogens with one attached hydrogen (secondary N) is 1. The number of hydrogen-bond acceptors (Lipinski definition) is 2. The minimum atomic E-state index is -2.42. The predicted octanol–water partition coefficient (Wildman–Crippen LogP) is 4.85. The Morgan fingerprint density at radius 3 is 1.47 bits per heavy atom. The number of benzene rings is 4. The van der Waals surface area contributed by atoms with Crippen LogP contribution in [0, 0.1) is 6.92 Å². The summed E-state index contributed by atoms with van der Waals surface area (Å²) in [5.41, 5.74) is 2.47. The maximum absolute atomic E-state index is 13.3. The third kappa shape index (κ3) is 4.23. The second-order valence-corrected chi connectivity index (χ2v) is 11.1. The first-order valence-electron chi connectivity index (χ1n) is 10.4. The molecule has 0 saturated carbocycles. The molecule has 1 amide bonds. The van der Waals surface area contributed by atoms with Crippen LogP contribution in [0.2, 0.25) is 0 Å². The molecule has 0 radical (unpaired) electrons. The molecular weight excluding hydrogens is 429 g/mol. The Kier molecular flexibility index (Phi) is 6.80. The SMILES string of the molecule is Cc1ccc(C(=O)NC(C=S)=P(c2ccccc2)(c2ccccc2)c2ccccc2)cc1. The van der Waals surface area contributed by atoms with Crippen molar-refractivity contribution in [2.45, 2.75) is 6.92 Å². The number of carbonyl (C=O) groups is 1. The molecule has 0 spiro atoms. The lowest BCUT2D eigenvalue weighted by Crippen LogP contribution is -2.40. The summed E-state index contributed by atoms with van der Waals surface area (Å²) in [7, 11) is 0. The normalized spacial score (nSPS) is 10.9. The quantitative estimate of drug-likeness (QED) is 0.334. The van der Waals surface area contributed by atoms with Crippen LogP contribution in [0.1, 0.15) is 15.9 Å². The first-order chi connectivity index (χ1) is 15.7. The first-order valence-corrected chi connectivity index (χ1v) is 12.7. The maximum Gasteiger partial charge on any atom is 0.255 e. The van der Waals surface area contributed by atoms with E-state index in [1.165, 1.54) is 0 Å². The zero-order chi connectivity index (χ0) is 22.4. The van der Waals surface area contributed by atoms with Gasteiger partial charge in [0.25, 0.3) is 5.91 Å². The minimum absolute atomic E-state index is 0.159. The maximum atomic E-state index is 13.3. The topological polar surface area (TPSA) is 29.1 Å². The Hall–Kier alpha value is -3.26. The summed E-state index contributed by atoms with van der Waals surface area (Å²) in [5, 5.41) is 8.26. The molecule has 1 N–H and O–H groups in total. The third-order valence-electron chi connectivity index (χ3n) is 5.46. The molecule has 4 aromatic rings. The molecule has 4 aromatic carbocycles. The highest BCUT2D eigenvalue weighted by Crippen LogP contribution is 2.45. The van der Waals surface area contributed by atoms with Gasteiger partial charge in [-0.25, -0.2) is 0 Å². The van der Waals surface area contributed by atoms with E-state index >= 15 is 0 Å². The van der Waals surface area contributed by atoms with Crippen molar-refractivity contribution in [3.8, 4) is 0 Å². The standard InChI is InChI=1S/C28H24NOPS/c1-22-17-19-23(20-18-22)28(30)29-27(21-32)31(24-11-5-2-6-12-24,25-13-7-3-8-14-25)26-15-9-4-10-16-26/h2-21H,1H3,(H,29,30). The lowest BCUT2D eigenvalue weighted by molar-refractivity contribution is 0.0978. The zero-order valence-electron chi connectivity index (χ0n) is 17.8. The Labute approximate surface area is 194 Å². The van der Waals surface area contributed by atoms with Crippen molar-refractivity contribution in [1.82, 2.24) is 5.32 Å². The highest BCUT2D eigenvalue weighted by molar-refractivity contribution is 7.98. The van der Waals surface area contributed by atoms with Crippen LogP contribution in [0.15, 0.2) is 115 Å². The van der Waals surface area contributed by atoms with Gasteiger partial charge in [0.05, 0.1) is 5.42 Å². The average Bonchev–Trinajstić information content (AvgIpc) is 2.86. The molecule has 0 atom stereocenters. The fourth-order valence-electron chi connectivity index (χ4n) is 3.91. The van der Waals surface area contributed by atoms with Gasteiger partial charge in [-0.1, -0.05) is 121 Å². The number of amides is 1. The van der Waals surface area contributed by atoms with Crippen molar-refractivity contribution in [2.24, 2.45) is 0 Å². The first kappa shape index (κ1) is 22.0. The minimum Gasteiger partial charge on any atom is -0.320 e. The van der Waals surface area contributed by atoms with Gasteiger partial charge in [0.15, 0.2) is 0 Å². The van der Waals surface area contributed by atoms with Crippen molar-refractivity contribution in [2.75, 3.05) is 0 Å².